The van der Waals surface area contributed by atoms with E-state index in [0.717, 1.165) is 44.6 Å². The molecule has 0 fully saturated rings. The fourth-order valence-corrected chi connectivity index (χ4v) is 10.2. The van der Waals surface area contributed by atoms with E-state index in [1.165, 1.54) is 38.9 Å². The van der Waals surface area contributed by atoms with Gasteiger partial charge < -0.3 is 13.9 Å². The third kappa shape index (κ3) is 9.77. The van der Waals surface area contributed by atoms with Gasteiger partial charge >= 0.3 is 0 Å². The fourth-order valence-electron chi connectivity index (χ4n) is 10.2. The maximum Gasteiger partial charge on any atom is 0.267 e. The van der Waals surface area contributed by atoms with Gasteiger partial charge in [0.25, 0.3) is 6.33 Å². The van der Waals surface area contributed by atoms with Crippen LogP contribution in [0.5, 0.6) is 11.5 Å². The molecule has 0 bridgehead atoms. The molecule has 0 N–H and O–H groups in total. The molecule has 372 valence electrons. The number of pyridine rings is 1. The Hall–Kier alpha value is -6.81. The topological polar surface area (TPSA) is 35.9 Å². The number of ether oxygens (including phenoxy) is 1. The van der Waals surface area contributed by atoms with Crippen molar-refractivity contribution in [1.82, 2.24) is 14.1 Å². The van der Waals surface area contributed by atoms with Crippen LogP contribution < -0.4 is 9.30 Å². The van der Waals surface area contributed by atoms with Gasteiger partial charge in [0.2, 0.25) is 0 Å². The van der Waals surface area contributed by atoms with Crippen LogP contribution in [-0.4, -0.2) is 14.1 Å². The summed E-state index contributed by atoms with van der Waals surface area (Å²) in [6.07, 6.45) is 9.81. The summed E-state index contributed by atoms with van der Waals surface area (Å²) in [5, 5.41) is 2.31. The van der Waals surface area contributed by atoms with E-state index in [1.807, 2.05) is 10.8 Å². The third-order valence-electron chi connectivity index (χ3n) is 15.0. The molecular formula is C67H66N4OPt-2. The summed E-state index contributed by atoms with van der Waals surface area (Å²) in [6, 6.07) is 66.3. The first kappa shape index (κ1) is 51.1. The molecule has 0 saturated carbocycles. The minimum atomic E-state index is -0.387. The van der Waals surface area contributed by atoms with Crippen molar-refractivity contribution in [1.29, 1.82) is 0 Å². The number of rotatable bonds is 11. The Morgan fingerprint density at radius 3 is 1.56 bits per heavy atom. The molecule has 3 aromatic heterocycles. The monoisotopic (exact) mass is 1140 g/mol. The fraction of sp³-hybridized carbons (Fsp3) is 0.254. The second-order valence-corrected chi connectivity index (χ2v) is 23.1. The van der Waals surface area contributed by atoms with Crippen molar-refractivity contribution in [3.05, 3.63) is 245 Å². The molecular weight excluding hydrogens is 1070 g/mol. The van der Waals surface area contributed by atoms with E-state index in [9.17, 15) is 0 Å². The van der Waals surface area contributed by atoms with Crippen LogP contribution in [0.4, 0.5) is 0 Å². The van der Waals surface area contributed by atoms with Crippen LogP contribution in [0.15, 0.2) is 182 Å². The minimum absolute atomic E-state index is 0. The summed E-state index contributed by atoms with van der Waals surface area (Å²) in [5.41, 5.74) is 12.3. The summed E-state index contributed by atoms with van der Waals surface area (Å²) >= 11 is 0. The molecule has 0 aliphatic rings. The average molecular weight is 1140 g/mol. The SMILES string of the molecule is CC(C)(C)c1ccnc(-n2c3[c-]c(Oc4[c-]c(-n5[c-][n+](-c6cc(C(C)(C)c7ccccc7)cc(C(C)(C)c7ccccc7)c6)cc5)cc(C(C)(C)c5ccccc5)c4)cc(C(C)(C)C)c3c3ccccc32)c1.[Pt]. The van der Waals surface area contributed by atoms with Gasteiger partial charge in [0, 0.05) is 67.5 Å². The summed E-state index contributed by atoms with van der Waals surface area (Å²) in [7, 11) is 0. The Balaban J connectivity index is 0.00000656. The predicted octanol–water partition coefficient (Wildman–Crippen LogP) is 16.0. The smallest absolute Gasteiger partial charge is 0.267 e. The first-order valence-corrected chi connectivity index (χ1v) is 25.3. The first-order chi connectivity index (χ1) is 34.2. The van der Waals surface area contributed by atoms with Gasteiger partial charge in [0.05, 0.1) is 5.69 Å². The second kappa shape index (κ2) is 19.2. The van der Waals surface area contributed by atoms with Crippen LogP contribution in [0.2, 0.25) is 0 Å². The number of benzene rings is 7. The van der Waals surface area contributed by atoms with Gasteiger partial charge in [-0.05, 0) is 91.0 Å². The Bertz CT molecular complexity index is 3520. The zero-order valence-electron chi connectivity index (χ0n) is 44.3. The van der Waals surface area contributed by atoms with Crippen molar-refractivity contribution < 1.29 is 30.4 Å². The molecule has 0 unspecified atom stereocenters. The maximum atomic E-state index is 7.12. The molecule has 0 aliphatic heterocycles. The molecule has 10 rings (SSSR count). The van der Waals surface area contributed by atoms with Gasteiger partial charge in [-0.15, -0.1) is 35.4 Å². The van der Waals surface area contributed by atoms with E-state index >= 15 is 0 Å². The average Bonchev–Trinajstić information content (AvgIpc) is 4.00. The van der Waals surface area contributed by atoms with Crippen molar-refractivity contribution in [2.24, 2.45) is 0 Å². The minimum Gasteiger partial charge on any atom is -0.510 e. The van der Waals surface area contributed by atoms with E-state index < -0.39 is 0 Å². The quantitative estimate of drug-likeness (QED) is 0.0956. The van der Waals surface area contributed by atoms with E-state index in [2.05, 4.69) is 287 Å². The molecule has 0 radical (unpaired) electrons. The predicted molar refractivity (Wildman–Crippen MR) is 296 cm³/mol. The van der Waals surface area contributed by atoms with Gasteiger partial charge in [-0.25, -0.2) is 4.98 Å². The van der Waals surface area contributed by atoms with Crippen LogP contribution in [0.1, 0.15) is 128 Å². The van der Waals surface area contributed by atoms with Crippen LogP contribution in [0.3, 0.4) is 0 Å². The molecule has 0 atom stereocenters. The number of imidazole rings is 1. The summed E-state index contributed by atoms with van der Waals surface area (Å²) < 4.78 is 13.5. The molecule has 5 nitrogen and oxygen atoms in total. The zero-order chi connectivity index (χ0) is 50.8. The maximum absolute atomic E-state index is 7.12. The number of nitrogens with zero attached hydrogens (tertiary/aromatic N) is 4. The second-order valence-electron chi connectivity index (χ2n) is 23.1. The van der Waals surface area contributed by atoms with Crippen molar-refractivity contribution in [3.8, 4) is 28.7 Å². The molecule has 3 heterocycles. The normalized spacial score (nSPS) is 12.5. The van der Waals surface area contributed by atoms with Crippen LogP contribution in [0, 0.1) is 18.5 Å². The number of para-hydroxylation sites is 1. The van der Waals surface area contributed by atoms with E-state index in [4.69, 9.17) is 9.72 Å². The molecule has 0 aliphatic carbocycles. The Morgan fingerprint density at radius 2 is 1.01 bits per heavy atom. The molecule has 0 amide bonds. The van der Waals surface area contributed by atoms with Gasteiger partial charge in [0.1, 0.15) is 5.82 Å². The Labute approximate surface area is 447 Å². The molecule has 7 aromatic carbocycles. The summed E-state index contributed by atoms with van der Waals surface area (Å²) in [6.45, 7) is 27.3. The summed E-state index contributed by atoms with van der Waals surface area (Å²) in [4.78, 5) is 4.99. The number of fused-ring (bicyclic) bond motifs is 3. The Morgan fingerprint density at radius 1 is 0.493 bits per heavy atom. The Kier molecular flexibility index (Phi) is 13.5. The van der Waals surface area contributed by atoms with Gasteiger partial charge in [0.15, 0.2) is 0 Å². The number of hydrogen-bond acceptors (Lipinski definition) is 2. The van der Waals surface area contributed by atoms with Crippen LogP contribution in [-0.2, 0) is 48.1 Å². The van der Waals surface area contributed by atoms with Crippen LogP contribution >= 0.6 is 0 Å². The van der Waals surface area contributed by atoms with E-state index in [0.29, 0.717) is 11.5 Å². The van der Waals surface area contributed by atoms with Crippen LogP contribution in [0.25, 0.3) is 39.0 Å². The van der Waals surface area contributed by atoms with E-state index in [1.54, 1.807) is 0 Å². The number of hydrogen-bond donors (Lipinski definition) is 0. The first-order valence-electron chi connectivity index (χ1n) is 25.3. The third-order valence-corrected chi connectivity index (χ3v) is 15.0. The molecule has 73 heavy (non-hydrogen) atoms. The number of aromatic nitrogens is 4. The van der Waals surface area contributed by atoms with Gasteiger partial charge in [-0.3, -0.25) is 4.57 Å². The van der Waals surface area contributed by atoms with Gasteiger partial charge in [-0.1, -0.05) is 209 Å². The van der Waals surface area contributed by atoms with Crippen molar-refractivity contribution >= 4 is 21.8 Å². The van der Waals surface area contributed by atoms with Gasteiger partial charge in [-0.2, -0.15) is 6.07 Å². The summed E-state index contributed by atoms with van der Waals surface area (Å²) in [5.74, 6) is 2.05. The van der Waals surface area contributed by atoms with Crippen molar-refractivity contribution in [2.45, 2.75) is 110 Å². The van der Waals surface area contributed by atoms with E-state index in [-0.39, 0.29) is 48.1 Å². The molecule has 10 aromatic rings. The molecule has 0 saturated heterocycles. The van der Waals surface area contributed by atoms with Crippen molar-refractivity contribution in [3.63, 3.8) is 0 Å². The zero-order valence-corrected chi connectivity index (χ0v) is 46.6. The largest absolute Gasteiger partial charge is 0.510 e. The molecule has 6 heteroatoms. The van der Waals surface area contributed by atoms with Crippen molar-refractivity contribution in [2.75, 3.05) is 0 Å². The molecule has 0 spiro atoms. The standard InChI is InChI=1S/C67H66N4O.Pt/c1-63(2,3)49-32-33-68-61(41-49)71-59-31-23-22-30-57(59)62-58(64(4,5)6)43-56(44-60(62)71)72-55-40-52(67(11,12)48-28-20-15-21-29-48)39-54(42-55)70-35-34-69(45-70)53-37-50(65(7,8)46-24-16-13-17-25-46)36-51(38-53)66(9,10)47-26-18-14-19-27-47;/h13-41,43H,1-12H3;/q-2;.